The number of carboxylic acid groups (broad SMARTS) is 1. The number of ketones is 1. The molecule has 0 bridgehead atoms. The lowest BCUT2D eigenvalue weighted by Gasteiger charge is -2.21. The monoisotopic (exact) mass is 308 g/mol. The summed E-state index contributed by atoms with van der Waals surface area (Å²) in [5, 5.41) is 8.60. The zero-order valence-corrected chi connectivity index (χ0v) is 13.4. The number of aliphatic carboxylic acids is 1. The van der Waals surface area contributed by atoms with Gasteiger partial charge in [0.05, 0.1) is 6.04 Å². The van der Waals surface area contributed by atoms with Crippen molar-refractivity contribution in [3.05, 3.63) is 0 Å². The summed E-state index contributed by atoms with van der Waals surface area (Å²) in [5.41, 5.74) is 10.8. The first-order chi connectivity index (χ1) is 8.66. The van der Waals surface area contributed by atoms with Gasteiger partial charge >= 0.3 is 5.97 Å². The van der Waals surface area contributed by atoms with Crippen LogP contribution in [0.1, 0.15) is 33.6 Å². The number of Topliss-reactive ketones (excluding diaryl/α,β-unsaturated/α-hetero) is 1. The zero-order valence-electron chi connectivity index (χ0n) is 11.7. The quantitative estimate of drug-likeness (QED) is 0.438. The highest BCUT2D eigenvalue weighted by atomic mass is 33.1. The number of rotatable bonds is 9. The average Bonchev–Trinajstić information content (AvgIpc) is 2.30. The number of hydrogen-bond donors (Lipinski definition) is 3. The molecular formula is C12H24N2O3S2. The highest BCUT2D eigenvalue weighted by Gasteiger charge is 2.26. The summed E-state index contributed by atoms with van der Waals surface area (Å²) in [5.74, 6) is 0.561. The maximum absolute atomic E-state index is 11.8. The molecule has 0 amide bonds. The van der Waals surface area contributed by atoms with Crippen molar-refractivity contribution >= 4 is 33.3 Å². The van der Waals surface area contributed by atoms with E-state index in [4.69, 9.17) is 16.6 Å². The molecule has 0 rings (SSSR count). The molecule has 0 aromatic carbocycles. The Morgan fingerprint density at radius 3 is 1.84 bits per heavy atom. The van der Waals surface area contributed by atoms with Crippen LogP contribution >= 0.6 is 21.6 Å². The Kier molecular flexibility index (Phi) is 8.73. The molecule has 0 aliphatic heterocycles. The molecule has 1 unspecified atom stereocenters. The van der Waals surface area contributed by atoms with Crippen molar-refractivity contribution in [1.82, 2.24) is 0 Å². The van der Waals surface area contributed by atoms with Crippen LogP contribution in [0.25, 0.3) is 0 Å². The van der Waals surface area contributed by atoms with E-state index in [1.54, 1.807) is 21.6 Å². The summed E-state index contributed by atoms with van der Waals surface area (Å²) in [7, 11) is 3.17. The minimum absolute atomic E-state index is 0.0750. The first-order valence-electron chi connectivity index (χ1n) is 6.19. The van der Waals surface area contributed by atoms with Crippen molar-refractivity contribution in [2.75, 3.05) is 11.5 Å². The van der Waals surface area contributed by atoms with Gasteiger partial charge in [0, 0.05) is 16.9 Å². The molecule has 0 saturated carbocycles. The van der Waals surface area contributed by atoms with Gasteiger partial charge in [0.2, 0.25) is 0 Å². The summed E-state index contributed by atoms with van der Waals surface area (Å²) in [6, 6.07) is -1.22. The fourth-order valence-electron chi connectivity index (χ4n) is 1.28. The van der Waals surface area contributed by atoms with Crippen LogP contribution in [0.4, 0.5) is 0 Å². The summed E-state index contributed by atoms with van der Waals surface area (Å²) in [6.07, 6.45) is 1.08. The van der Waals surface area contributed by atoms with Crippen molar-refractivity contribution < 1.29 is 14.7 Å². The first kappa shape index (κ1) is 18.8. The molecular weight excluding hydrogens is 284 g/mol. The van der Waals surface area contributed by atoms with Gasteiger partial charge in [-0.1, -0.05) is 42.4 Å². The van der Waals surface area contributed by atoms with Crippen molar-refractivity contribution in [2.45, 2.75) is 45.7 Å². The second kappa shape index (κ2) is 8.84. The second-order valence-electron chi connectivity index (χ2n) is 5.39. The van der Waals surface area contributed by atoms with Gasteiger partial charge in [-0.05, 0) is 12.8 Å². The molecule has 112 valence electrons. The van der Waals surface area contributed by atoms with Crippen molar-refractivity contribution in [3.63, 3.8) is 0 Å². The summed E-state index contributed by atoms with van der Waals surface area (Å²) in [4.78, 5) is 22.3. The molecule has 0 aromatic rings. The molecule has 5 N–H and O–H groups in total. The van der Waals surface area contributed by atoms with Crippen molar-refractivity contribution in [3.8, 4) is 0 Å². The smallest absolute Gasteiger partial charge is 0.320 e. The Morgan fingerprint density at radius 1 is 1.05 bits per heavy atom. The largest absolute Gasteiger partial charge is 0.480 e. The van der Waals surface area contributed by atoms with E-state index in [9.17, 15) is 9.59 Å². The van der Waals surface area contributed by atoms with Crippen LogP contribution in [0.15, 0.2) is 0 Å². The van der Waals surface area contributed by atoms with Gasteiger partial charge in [-0.2, -0.15) is 0 Å². The maximum Gasteiger partial charge on any atom is 0.320 e. The van der Waals surface area contributed by atoms with E-state index >= 15 is 0 Å². The number of carboxylic acids is 1. The predicted molar refractivity (Wildman–Crippen MR) is 82.2 cm³/mol. The molecule has 5 nitrogen and oxygen atoms in total. The molecule has 0 saturated heterocycles. The number of nitrogens with two attached hydrogens (primary N) is 2. The van der Waals surface area contributed by atoms with Crippen LogP contribution in [0, 0.1) is 5.41 Å². The lowest BCUT2D eigenvalue weighted by atomic mass is 9.86. The number of carbonyl (C=O) groups excluding carboxylic acids is 1. The Bertz CT molecular complexity index is 306. The Morgan fingerprint density at radius 2 is 1.47 bits per heavy atom. The van der Waals surface area contributed by atoms with E-state index in [0.29, 0.717) is 18.6 Å². The SMILES string of the molecule is CC(C)(C)C(=O)C(N)CCSSCC[C@H](N)C(=O)O. The Balaban J connectivity index is 3.65. The van der Waals surface area contributed by atoms with Crippen LogP contribution in [-0.2, 0) is 9.59 Å². The summed E-state index contributed by atoms with van der Waals surface area (Å²) < 4.78 is 0. The normalized spacial score (nSPS) is 15.0. The van der Waals surface area contributed by atoms with Gasteiger partial charge in [0.15, 0.2) is 5.78 Å². The third-order valence-electron chi connectivity index (χ3n) is 2.50. The minimum Gasteiger partial charge on any atom is -0.480 e. The maximum atomic E-state index is 11.8. The van der Waals surface area contributed by atoms with Gasteiger partial charge in [-0.25, -0.2) is 0 Å². The van der Waals surface area contributed by atoms with Gasteiger partial charge < -0.3 is 16.6 Å². The Hall–Kier alpha value is -0.240. The molecule has 0 spiro atoms. The Labute approximate surface area is 122 Å². The topological polar surface area (TPSA) is 106 Å². The summed E-state index contributed by atoms with van der Waals surface area (Å²) in [6.45, 7) is 5.60. The molecule has 0 radical (unpaired) electrons. The van der Waals surface area contributed by atoms with E-state index in [-0.39, 0.29) is 5.78 Å². The lowest BCUT2D eigenvalue weighted by Crippen LogP contribution is -2.39. The molecule has 0 aliphatic rings. The summed E-state index contributed by atoms with van der Waals surface area (Å²) >= 11 is 0. The van der Waals surface area contributed by atoms with E-state index in [0.717, 1.165) is 5.75 Å². The fraction of sp³-hybridized carbons (Fsp3) is 0.833. The first-order valence-corrected chi connectivity index (χ1v) is 8.67. The van der Waals surface area contributed by atoms with Crippen LogP contribution < -0.4 is 11.5 Å². The predicted octanol–water partition coefficient (Wildman–Crippen LogP) is 1.50. The molecule has 0 aliphatic carbocycles. The van der Waals surface area contributed by atoms with Gasteiger partial charge in [-0.15, -0.1) is 0 Å². The zero-order chi connectivity index (χ0) is 15.1. The van der Waals surface area contributed by atoms with E-state index in [2.05, 4.69) is 0 Å². The molecule has 7 heteroatoms. The van der Waals surface area contributed by atoms with Gasteiger partial charge in [0.1, 0.15) is 6.04 Å². The average molecular weight is 308 g/mol. The molecule has 19 heavy (non-hydrogen) atoms. The van der Waals surface area contributed by atoms with Crippen LogP contribution in [0.5, 0.6) is 0 Å². The van der Waals surface area contributed by atoms with Gasteiger partial charge in [-0.3, -0.25) is 9.59 Å². The van der Waals surface area contributed by atoms with Crippen molar-refractivity contribution in [1.29, 1.82) is 0 Å². The highest BCUT2D eigenvalue weighted by molar-refractivity contribution is 8.76. The van der Waals surface area contributed by atoms with Crippen molar-refractivity contribution in [2.24, 2.45) is 16.9 Å². The molecule has 0 fully saturated rings. The number of carbonyl (C=O) groups is 2. The molecule has 0 heterocycles. The third-order valence-corrected chi connectivity index (χ3v) is 4.97. The standard InChI is InChI=1S/C12H24N2O3S2/c1-12(2,3)10(15)8(13)4-6-18-19-7-5-9(14)11(16)17/h8-9H,4-7,13-14H2,1-3H3,(H,16,17)/t8?,9-/m0/s1. The number of hydrogen-bond acceptors (Lipinski definition) is 6. The van der Waals surface area contributed by atoms with Crippen LogP contribution in [-0.4, -0.2) is 40.4 Å². The van der Waals surface area contributed by atoms with Crippen LogP contribution in [0.2, 0.25) is 0 Å². The minimum atomic E-state index is -0.969. The lowest BCUT2D eigenvalue weighted by molar-refractivity contribution is -0.138. The van der Waals surface area contributed by atoms with E-state index < -0.39 is 23.5 Å². The second-order valence-corrected chi connectivity index (χ2v) is 8.09. The van der Waals surface area contributed by atoms with E-state index in [1.165, 1.54) is 0 Å². The fourth-order valence-corrected chi connectivity index (χ4v) is 3.50. The third kappa shape index (κ3) is 8.52. The van der Waals surface area contributed by atoms with Crippen LogP contribution in [0.3, 0.4) is 0 Å². The highest BCUT2D eigenvalue weighted by Crippen LogP contribution is 2.25. The van der Waals surface area contributed by atoms with E-state index in [1.807, 2.05) is 20.8 Å². The molecule has 2 atom stereocenters. The molecule has 0 aromatic heterocycles. The van der Waals surface area contributed by atoms with Gasteiger partial charge in [0.25, 0.3) is 0 Å².